The second-order valence-electron chi connectivity index (χ2n) is 5.74. The fraction of sp³-hybridized carbons (Fsp3) is 0.294. The molecule has 0 bridgehead atoms. The van der Waals surface area contributed by atoms with Crippen LogP contribution in [0.3, 0.4) is 0 Å². The van der Waals surface area contributed by atoms with Crippen molar-refractivity contribution in [2.75, 3.05) is 36.0 Å². The first-order chi connectivity index (χ1) is 11.3. The summed E-state index contributed by atoms with van der Waals surface area (Å²) in [6.45, 7) is 5.76. The summed E-state index contributed by atoms with van der Waals surface area (Å²) >= 11 is 0. The van der Waals surface area contributed by atoms with Crippen molar-refractivity contribution in [3.63, 3.8) is 0 Å². The van der Waals surface area contributed by atoms with E-state index in [1.807, 2.05) is 25.4 Å². The monoisotopic (exact) mass is 306 g/mol. The minimum absolute atomic E-state index is 0.830. The molecule has 6 heteroatoms. The van der Waals surface area contributed by atoms with Gasteiger partial charge in [-0.05, 0) is 31.2 Å². The Morgan fingerprint density at radius 1 is 0.957 bits per heavy atom. The third-order valence-electron chi connectivity index (χ3n) is 4.20. The number of rotatable bonds is 2. The molecule has 0 amide bonds. The van der Waals surface area contributed by atoms with E-state index in [0.29, 0.717) is 0 Å². The molecule has 0 atom stereocenters. The zero-order valence-electron chi connectivity index (χ0n) is 13.1. The normalized spacial score (nSPS) is 15.2. The van der Waals surface area contributed by atoms with Gasteiger partial charge in [-0.25, -0.2) is 19.9 Å². The van der Waals surface area contributed by atoms with Crippen LogP contribution >= 0.6 is 0 Å². The molecule has 0 spiro atoms. The van der Waals surface area contributed by atoms with Crippen molar-refractivity contribution >= 4 is 22.5 Å². The van der Waals surface area contributed by atoms with Gasteiger partial charge in [0, 0.05) is 55.3 Å². The van der Waals surface area contributed by atoms with E-state index in [0.717, 1.165) is 48.7 Å². The van der Waals surface area contributed by atoms with Crippen LogP contribution in [0.25, 0.3) is 10.9 Å². The van der Waals surface area contributed by atoms with Gasteiger partial charge >= 0.3 is 0 Å². The van der Waals surface area contributed by atoms with E-state index in [1.54, 1.807) is 6.33 Å². The lowest BCUT2D eigenvalue weighted by molar-refractivity contribution is 0.639. The molecule has 2 aromatic heterocycles. The average molecular weight is 306 g/mol. The van der Waals surface area contributed by atoms with Crippen LogP contribution in [0.4, 0.5) is 11.6 Å². The Morgan fingerprint density at radius 3 is 2.61 bits per heavy atom. The van der Waals surface area contributed by atoms with Gasteiger partial charge in [0.15, 0.2) is 0 Å². The lowest BCUT2D eigenvalue weighted by atomic mass is 10.2. The molecule has 3 heterocycles. The van der Waals surface area contributed by atoms with Gasteiger partial charge < -0.3 is 9.80 Å². The summed E-state index contributed by atoms with van der Waals surface area (Å²) in [5.74, 6) is 0.830. The fourth-order valence-electron chi connectivity index (χ4n) is 2.92. The van der Waals surface area contributed by atoms with Gasteiger partial charge in [-0.1, -0.05) is 0 Å². The third kappa shape index (κ3) is 2.79. The van der Waals surface area contributed by atoms with Crippen LogP contribution in [0.15, 0.2) is 43.0 Å². The smallest absolute Gasteiger partial charge is 0.225 e. The highest BCUT2D eigenvalue weighted by atomic mass is 15.3. The van der Waals surface area contributed by atoms with Gasteiger partial charge in [0.25, 0.3) is 0 Å². The molecule has 116 valence electrons. The van der Waals surface area contributed by atoms with Crippen LogP contribution in [-0.2, 0) is 0 Å². The summed E-state index contributed by atoms with van der Waals surface area (Å²) in [7, 11) is 0. The van der Waals surface area contributed by atoms with Gasteiger partial charge in [0.1, 0.15) is 6.33 Å². The predicted octanol–water partition coefficient (Wildman–Crippen LogP) is 2.05. The molecule has 6 nitrogen and oxygen atoms in total. The van der Waals surface area contributed by atoms with Gasteiger partial charge in [-0.3, -0.25) is 0 Å². The predicted molar refractivity (Wildman–Crippen MR) is 90.7 cm³/mol. The maximum atomic E-state index is 4.52. The Morgan fingerprint density at radius 2 is 1.78 bits per heavy atom. The van der Waals surface area contributed by atoms with E-state index >= 15 is 0 Å². The summed E-state index contributed by atoms with van der Waals surface area (Å²) in [6.07, 6.45) is 5.28. The molecule has 0 radical (unpaired) electrons. The van der Waals surface area contributed by atoms with Gasteiger partial charge in [0.2, 0.25) is 5.95 Å². The van der Waals surface area contributed by atoms with Crippen molar-refractivity contribution in [2.45, 2.75) is 6.92 Å². The first kappa shape index (κ1) is 13.9. The Bertz CT molecular complexity index is 826. The van der Waals surface area contributed by atoms with Crippen molar-refractivity contribution in [3.05, 3.63) is 48.7 Å². The van der Waals surface area contributed by atoms with Crippen molar-refractivity contribution in [2.24, 2.45) is 0 Å². The highest BCUT2D eigenvalue weighted by molar-refractivity contribution is 5.81. The van der Waals surface area contributed by atoms with Crippen LogP contribution in [0.5, 0.6) is 0 Å². The van der Waals surface area contributed by atoms with Crippen molar-refractivity contribution in [3.8, 4) is 0 Å². The Kier molecular flexibility index (Phi) is 3.49. The number of anilines is 2. The van der Waals surface area contributed by atoms with Crippen LogP contribution in [0.2, 0.25) is 0 Å². The SMILES string of the molecule is Cc1ccnc(N2CCN(c3ccc4ncncc4c3)CC2)n1. The number of aromatic nitrogens is 4. The highest BCUT2D eigenvalue weighted by Crippen LogP contribution is 2.22. The second kappa shape index (κ2) is 5.79. The topological polar surface area (TPSA) is 58.0 Å². The molecule has 1 saturated heterocycles. The second-order valence-corrected chi connectivity index (χ2v) is 5.74. The number of piperazine rings is 1. The quantitative estimate of drug-likeness (QED) is 0.722. The minimum Gasteiger partial charge on any atom is -0.368 e. The molecule has 4 rings (SSSR count). The number of nitrogens with zero attached hydrogens (tertiary/aromatic N) is 6. The Hall–Kier alpha value is -2.76. The first-order valence-electron chi connectivity index (χ1n) is 7.79. The first-order valence-corrected chi connectivity index (χ1v) is 7.79. The Balaban J connectivity index is 1.50. The molecule has 3 aromatic rings. The summed E-state index contributed by atoms with van der Waals surface area (Å²) in [5.41, 5.74) is 3.21. The van der Waals surface area contributed by atoms with Gasteiger partial charge in [-0.2, -0.15) is 0 Å². The Labute approximate surface area is 134 Å². The molecule has 0 saturated carbocycles. The van der Waals surface area contributed by atoms with Crippen LogP contribution in [-0.4, -0.2) is 46.1 Å². The van der Waals surface area contributed by atoms with Gasteiger partial charge in [0.05, 0.1) is 5.52 Å². The van der Waals surface area contributed by atoms with E-state index < -0.39 is 0 Å². The molecular weight excluding hydrogens is 288 g/mol. The summed E-state index contributed by atoms with van der Waals surface area (Å²) in [5, 5.41) is 1.08. The standard InChI is InChI=1S/C17H18N6/c1-13-4-5-19-17(21-13)23-8-6-22(7-9-23)15-2-3-16-14(10-15)11-18-12-20-16/h2-5,10-12H,6-9H2,1H3. The number of benzene rings is 1. The summed E-state index contributed by atoms with van der Waals surface area (Å²) in [4.78, 5) is 21.9. The average Bonchev–Trinajstić information content (AvgIpc) is 2.61. The number of fused-ring (bicyclic) bond motifs is 1. The molecule has 1 aliphatic rings. The van der Waals surface area contributed by atoms with Crippen LogP contribution in [0.1, 0.15) is 5.69 Å². The van der Waals surface area contributed by atoms with Crippen molar-refractivity contribution in [1.29, 1.82) is 0 Å². The van der Waals surface area contributed by atoms with E-state index in [4.69, 9.17) is 0 Å². The minimum atomic E-state index is 0.830. The highest BCUT2D eigenvalue weighted by Gasteiger charge is 2.19. The van der Waals surface area contributed by atoms with E-state index in [9.17, 15) is 0 Å². The molecule has 1 aliphatic heterocycles. The van der Waals surface area contributed by atoms with E-state index in [-0.39, 0.29) is 0 Å². The van der Waals surface area contributed by atoms with E-state index in [2.05, 4.69) is 47.9 Å². The van der Waals surface area contributed by atoms with Crippen molar-refractivity contribution in [1.82, 2.24) is 19.9 Å². The summed E-state index contributed by atoms with van der Waals surface area (Å²) < 4.78 is 0. The van der Waals surface area contributed by atoms with Crippen molar-refractivity contribution < 1.29 is 0 Å². The number of hydrogen-bond donors (Lipinski definition) is 0. The van der Waals surface area contributed by atoms with Gasteiger partial charge in [-0.15, -0.1) is 0 Å². The lowest BCUT2D eigenvalue weighted by Gasteiger charge is -2.36. The molecule has 1 fully saturated rings. The maximum absolute atomic E-state index is 4.52. The summed E-state index contributed by atoms with van der Waals surface area (Å²) in [6, 6.07) is 8.28. The fourth-order valence-corrected chi connectivity index (χ4v) is 2.92. The molecule has 0 unspecified atom stereocenters. The zero-order valence-corrected chi connectivity index (χ0v) is 13.1. The largest absolute Gasteiger partial charge is 0.368 e. The third-order valence-corrected chi connectivity index (χ3v) is 4.20. The molecule has 1 aromatic carbocycles. The molecule has 23 heavy (non-hydrogen) atoms. The van der Waals surface area contributed by atoms with Crippen LogP contribution < -0.4 is 9.80 Å². The molecule has 0 aliphatic carbocycles. The molecule has 0 N–H and O–H groups in total. The maximum Gasteiger partial charge on any atom is 0.225 e. The molecular formula is C17H18N6. The van der Waals surface area contributed by atoms with Crippen LogP contribution in [0, 0.1) is 6.92 Å². The van der Waals surface area contributed by atoms with E-state index in [1.165, 1.54) is 5.69 Å². The zero-order chi connectivity index (χ0) is 15.6. The number of hydrogen-bond acceptors (Lipinski definition) is 6. The lowest BCUT2D eigenvalue weighted by Crippen LogP contribution is -2.47. The number of aryl methyl sites for hydroxylation is 1.